The zero-order valence-corrected chi connectivity index (χ0v) is 11.3. The fourth-order valence-electron chi connectivity index (χ4n) is 2.48. The third-order valence-electron chi connectivity index (χ3n) is 3.37. The lowest BCUT2D eigenvalue weighted by atomic mass is 10.2. The highest BCUT2D eigenvalue weighted by Gasteiger charge is 2.27. The summed E-state index contributed by atoms with van der Waals surface area (Å²) in [6.07, 6.45) is 2.65. The van der Waals surface area contributed by atoms with Gasteiger partial charge in [-0.15, -0.1) is 0 Å². The molecule has 1 unspecified atom stereocenters. The molecule has 6 nitrogen and oxygen atoms in total. The number of rotatable bonds is 1. The predicted molar refractivity (Wildman–Crippen MR) is 70.2 cm³/mol. The standard InChI is InChI=1S/C12H21N5O/c1-9-7-15(2)5-4-6-17(9)12(18)11-10(13)8-16(3)14-11/h8-9H,4-7,13H2,1-3H3. The van der Waals surface area contributed by atoms with Crippen LogP contribution in [0.2, 0.25) is 0 Å². The molecule has 2 rings (SSSR count). The first kappa shape index (κ1) is 12.9. The van der Waals surface area contributed by atoms with Crippen molar-refractivity contribution in [2.75, 3.05) is 32.4 Å². The molecule has 2 N–H and O–H groups in total. The second kappa shape index (κ2) is 4.97. The normalized spacial score (nSPS) is 21.9. The molecule has 0 aromatic carbocycles. The number of carbonyl (C=O) groups excluding carboxylic acids is 1. The van der Waals surface area contributed by atoms with Gasteiger partial charge in [-0.3, -0.25) is 9.48 Å². The van der Waals surface area contributed by atoms with Crippen LogP contribution in [0.25, 0.3) is 0 Å². The second-order valence-electron chi connectivity index (χ2n) is 5.07. The van der Waals surface area contributed by atoms with E-state index in [0.29, 0.717) is 11.4 Å². The van der Waals surface area contributed by atoms with E-state index in [2.05, 4.69) is 24.0 Å². The highest BCUT2D eigenvalue weighted by Crippen LogP contribution is 2.16. The molecular formula is C12H21N5O. The Morgan fingerprint density at radius 2 is 2.17 bits per heavy atom. The molecule has 1 aliphatic heterocycles. The predicted octanol–water partition coefficient (Wildman–Crippen LogP) is 0.169. The molecule has 1 saturated heterocycles. The van der Waals surface area contributed by atoms with E-state index < -0.39 is 0 Å². The smallest absolute Gasteiger partial charge is 0.276 e. The summed E-state index contributed by atoms with van der Waals surface area (Å²) < 4.78 is 1.58. The van der Waals surface area contributed by atoms with Crippen LogP contribution in [-0.4, -0.2) is 58.2 Å². The van der Waals surface area contributed by atoms with Crippen molar-refractivity contribution in [3.05, 3.63) is 11.9 Å². The highest BCUT2D eigenvalue weighted by atomic mass is 16.2. The largest absolute Gasteiger partial charge is 0.396 e. The maximum absolute atomic E-state index is 12.5. The van der Waals surface area contributed by atoms with Crippen LogP contribution in [0.5, 0.6) is 0 Å². The number of carbonyl (C=O) groups is 1. The van der Waals surface area contributed by atoms with Gasteiger partial charge in [-0.05, 0) is 26.9 Å². The first-order valence-electron chi connectivity index (χ1n) is 6.27. The Morgan fingerprint density at radius 1 is 1.44 bits per heavy atom. The maximum Gasteiger partial charge on any atom is 0.276 e. The van der Waals surface area contributed by atoms with Gasteiger partial charge in [0.2, 0.25) is 0 Å². The van der Waals surface area contributed by atoms with E-state index >= 15 is 0 Å². The monoisotopic (exact) mass is 251 g/mol. The number of hydrogen-bond acceptors (Lipinski definition) is 4. The number of nitrogen functional groups attached to an aromatic ring is 1. The molecule has 0 radical (unpaired) electrons. The molecule has 1 aromatic heterocycles. The summed E-state index contributed by atoms with van der Waals surface area (Å²) in [7, 11) is 3.85. The Hall–Kier alpha value is -1.56. The molecule has 1 amide bonds. The first-order valence-corrected chi connectivity index (χ1v) is 6.27. The van der Waals surface area contributed by atoms with Crippen LogP contribution in [0, 0.1) is 0 Å². The van der Waals surface area contributed by atoms with Crippen molar-refractivity contribution in [2.24, 2.45) is 7.05 Å². The van der Waals surface area contributed by atoms with E-state index in [9.17, 15) is 4.79 Å². The van der Waals surface area contributed by atoms with Crippen molar-refractivity contribution in [1.82, 2.24) is 19.6 Å². The van der Waals surface area contributed by atoms with Crippen LogP contribution >= 0.6 is 0 Å². The Bertz CT molecular complexity index is 442. The number of amides is 1. The van der Waals surface area contributed by atoms with Crippen molar-refractivity contribution in [3.63, 3.8) is 0 Å². The average molecular weight is 251 g/mol. The molecule has 6 heteroatoms. The Morgan fingerprint density at radius 3 is 2.78 bits per heavy atom. The Labute approximate surface area is 107 Å². The highest BCUT2D eigenvalue weighted by molar-refractivity contribution is 5.97. The fraction of sp³-hybridized carbons (Fsp3) is 0.667. The van der Waals surface area contributed by atoms with Crippen molar-refractivity contribution in [2.45, 2.75) is 19.4 Å². The molecule has 1 aromatic rings. The van der Waals surface area contributed by atoms with Gasteiger partial charge in [-0.2, -0.15) is 5.10 Å². The van der Waals surface area contributed by atoms with Gasteiger partial charge in [0.25, 0.3) is 5.91 Å². The molecule has 1 fully saturated rings. The molecule has 2 heterocycles. The number of aromatic nitrogens is 2. The van der Waals surface area contributed by atoms with Gasteiger partial charge in [0, 0.05) is 32.4 Å². The molecule has 0 bridgehead atoms. The van der Waals surface area contributed by atoms with Gasteiger partial charge in [-0.1, -0.05) is 0 Å². The van der Waals surface area contributed by atoms with Crippen molar-refractivity contribution < 1.29 is 4.79 Å². The van der Waals surface area contributed by atoms with E-state index in [1.807, 2.05) is 4.90 Å². The van der Waals surface area contributed by atoms with E-state index in [4.69, 9.17) is 5.73 Å². The summed E-state index contributed by atoms with van der Waals surface area (Å²) in [4.78, 5) is 16.6. The summed E-state index contributed by atoms with van der Waals surface area (Å²) >= 11 is 0. The van der Waals surface area contributed by atoms with Gasteiger partial charge < -0.3 is 15.5 Å². The van der Waals surface area contributed by atoms with Crippen LogP contribution < -0.4 is 5.73 Å². The molecular weight excluding hydrogens is 230 g/mol. The van der Waals surface area contributed by atoms with Crippen LogP contribution in [-0.2, 0) is 7.05 Å². The van der Waals surface area contributed by atoms with Crippen LogP contribution in [0.4, 0.5) is 5.69 Å². The fourth-order valence-corrected chi connectivity index (χ4v) is 2.48. The third-order valence-corrected chi connectivity index (χ3v) is 3.37. The van der Waals surface area contributed by atoms with Gasteiger partial charge >= 0.3 is 0 Å². The number of aryl methyl sites for hydroxylation is 1. The number of nitrogens with zero attached hydrogens (tertiary/aromatic N) is 4. The van der Waals surface area contributed by atoms with Gasteiger partial charge in [-0.25, -0.2) is 0 Å². The van der Waals surface area contributed by atoms with E-state index in [1.54, 1.807) is 17.9 Å². The number of nitrogens with two attached hydrogens (primary N) is 1. The number of likely N-dealkylation sites (N-methyl/N-ethyl adjacent to an activating group) is 1. The van der Waals surface area contributed by atoms with Crippen LogP contribution in [0.1, 0.15) is 23.8 Å². The van der Waals surface area contributed by atoms with Crippen LogP contribution in [0.15, 0.2) is 6.20 Å². The lowest BCUT2D eigenvalue weighted by Crippen LogP contribution is -2.42. The zero-order chi connectivity index (χ0) is 13.3. The summed E-state index contributed by atoms with van der Waals surface area (Å²) in [5.41, 5.74) is 6.64. The number of hydrogen-bond donors (Lipinski definition) is 1. The molecule has 100 valence electrons. The zero-order valence-electron chi connectivity index (χ0n) is 11.3. The maximum atomic E-state index is 12.5. The van der Waals surface area contributed by atoms with Crippen molar-refractivity contribution in [3.8, 4) is 0 Å². The minimum atomic E-state index is -0.0594. The Kier molecular flexibility index (Phi) is 3.56. The topological polar surface area (TPSA) is 67.4 Å². The van der Waals surface area contributed by atoms with Gasteiger partial charge in [0.15, 0.2) is 5.69 Å². The lowest BCUT2D eigenvalue weighted by molar-refractivity contribution is 0.0690. The van der Waals surface area contributed by atoms with E-state index in [1.165, 1.54) is 0 Å². The summed E-state index contributed by atoms with van der Waals surface area (Å²) in [6.45, 7) is 4.74. The molecule has 1 atom stereocenters. The van der Waals surface area contributed by atoms with E-state index in [0.717, 1.165) is 26.1 Å². The van der Waals surface area contributed by atoms with Crippen molar-refractivity contribution in [1.29, 1.82) is 0 Å². The molecule has 18 heavy (non-hydrogen) atoms. The number of anilines is 1. The van der Waals surface area contributed by atoms with Crippen LogP contribution in [0.3, 0.4) is 0 Å². The molecule has 0 saturated carbocycles. The molecule has 0 spiro atoms. The minimum absolute atomic E-state index is 0.0594. The summed E-state index contributed by atoms with van der Waals surface area (Å²) in [5, 5.41) is 4.16. The minimum Gasteiger partial charge on any atom is -0.396 e. The van der Waals surface area contributed by atoms with Gasteiger partial charge in [0.05, 0.1) is 5.69 Å². The lowest BCUT2D eigenvalue weighted by Gasteiger charge is -2.27. The second-order valence-corrected chi connectivity index (χ2v) is 5.07. The summed E-state index contributed by atoms with van der Waals surface area (Å²) in [5.74, 6) is -0.0594. The summed E-state index contributed by atoms with van der Waals surface area (Å²) in [6, 6.07) is 0.186. The van der Waals surface area contributed by atoms with Gasteiger partial charge in [0.1, 0.15) is 0 Å². The molecule has 0 aliphatic carbocycles. The first-order chi connectivity index (χ1) is 8.49. The van der Waals surface area contributed by atoms with E-state index in [-0.39, 0.29) is 11.9 Å². The van der Waals surface area contributed by atoms with Crippen molar-refractivity contribution >= 4 is 11.6 Å². The Balaban J connectivity index is 2.19. The average Bonchev–Trinajstić information content (AvgIpc) is 2.52. The SMILES string of the molecule is CC1CN(C)CCCN1C(=O)c1nn(C)cc1N. The molecule has 1 aliphatic rings. The quantitative estimate of drug-likeness (QED) is 0.772. The third kappa shape index (κ3) is 2.48.